The van der Waals surface area contributed by atoms with Gasteiger partial charge < -0.3 is 9.64 Å². The molecule has 20 heavy (non-hydrogen) atoms. The van der Waals surface area contributed by atoms with Gasteiger partial charge in [-0.25, -0.2) is 0 Å². The second-order valence-electron chi connectivity index (χ2n) is 5.57. The monoisotopic (exact) mass is 273 g/mol. The Balaban J connectivity index is 1.77. The third kappa shape index (κ3) is 2.30. The molecule has 1 fully saturated rings. The average molecular weight is 273 g/mol. The Morgan fingerprint density at radius 1 is 1.35 bits per heavy atom. The maximum absolute atomic E-state index is 12.2. The predicted molar refractivity (Wildman–Crippen MR) is 75.1 cm³/mol. The van der Waals surface area contributed by atoms with Crippen LogP contribution in [0.15, 0.2) is 18.2 Å². The van der Waals surface area contributed by atoms with Crippen LogP contribution in [-0.2, 0) is 4.79 Å². The van der Waals surface area contributed by atoms with Crippen molar-refractivity contribution >= 4 is 11.7 Å². The van der Waals surface area contributed by atoms with Crippen LogP contribution in [-0.4, -0.2) is 36.8 Å². The van der Waals surface area contributed by atoms with E-state index in [4.69, 9.17) is 4.74 Å². The quantitative estimate of drug-likeness (QED) is 0.849. The van der Waals surface area contributed by atoms with Gasteiger partial charge in [-0.2, -0.15) is 0 Å². The van der Waals surface area contributed by atoms with E-state index >= 15 is 0 Å². The maximum atomic E-state index is 12.2. The van der Waals surface area contributed by atoms with Gasteiger partial charge in [-0.15, -0.1) is 0 Å². The Bertz CT molecular complexity index is 547. The number of amides is 1. The van der Waals surface area contributed by atoms with Crippen molar-refractivity contribution in [2.45, 2.75) is 31.6 Å². The number of methoxy groups -OCH3 is 1. The van der Waals surface area contributed by atoms with Crippen LogP contribution in [0.4, 0.5) is 0 Å². The Morgan fingerprint density at radius 3 is 2.80 bits per heavy atom. The molecule has 1 unspecified atom stereocenters. The van der Waals surface area contributed by atoms with Crippen molar-refractivity contribution in [3.8, 4) is 5.75 Å². The molecule has 0 aromatic heterocycles. The molecule has 1 saturated heterocycles. The van der Waals surface area contributed by atoms with Gasteiger partial charge in [0.1, 0.15) is 5.75 Å². The summed E-state index contributed by atoms with van der Waals surface area (Å²) < 4.78 is 5.16. The van der Waals surface area contributed by atoms with Gasteiger partial charge >= 0.3 is 0 Å². The Hall–Kier alpha value is -1.84. The van der Waals surface area contributed by atoms with Crippen molar-refractivity contribution in [3.63, 3.8) is 0 Å². The van der Waals surface area contributed by atoms with E-state index in [0.717, 1.165) is 37.1 Å². The highest BCUT2D eigenvalue weighted by Gasteiger charge is 2.32. The molecule has 1 heterocycles. The number of nitrogens with zero attached hydrogens (tertiary/aromatic N) is 1. The molecular weight excluding hydrogens is 254 g/mol. The minimum Gasteiger partial charge on any atom is -0.497 e. The van der Waals surface area contributed by atoms with Crippen LogP contribution in [0.2, 0.25) is 0 Å². The first-order valence-corrected chi connectivity index (χ1v) is 7.18. The fourth-order valence-electron chi connectivity index (χ4n) is 3.19. The van der Waals surface area contributed by atoms with Gasteiger partial charge in [-0.1, -0.05) is 6.07 Å². The minimum atomic E-state index is 0.0384. The Kier molecular flexibility index (Phi) is 3.47. The molecule has 0 radical (unpaired) electrons. The van der Waals surface area contributed by atoms with Crippen LogP contribution < -0.4 is 4.74 Å². The zero-order chi connectivity index (χ0) is 14.1. The molecular formula is C16H19NO3. The lowest BCUT2D eigenvalue weighted by Gasteiger charge is -2.18. The molecule has 1 aliphatic heterocycles. The molecule has 0 saturated carbocycles. The first kappa shape index (κ1) is 13.2. The fraction of sp³-hybridized carbons (Fsp3) is 0.500. The lowest BCUT2D eigenvalue weighted by atomic mass is 9.97. The van der Waals surface area contributed by atoms with Crippen LogP contribution in [0.5, 0.6) is 5.75 Å². The van der Waals surface area contributed by atoms with E-state index in [0.29, 0.717) is 18.6 Å². The molecule has 0 spiro atoms. The molecule has 1 atom stereocenters. The standard InChI is InChI=1S/C16H19NO3/c1-20-12-4-5-13-11(8-15(18)14(13)10-12)9-16(19)17-6-2-3-7-17/h4-5,10-11H,2-3,6-9H2,1H3. The fourth-order valence-corrected chi connectivity index (χ4v) is 3.19. The van der Waals surface area contributed by atoms with Crippen LogP contribution in [0.1, 0.15) is 47.5 Å². The van der Waals surface area contributed by atoms with Gasteiger partial charge in [-0.3, -0.25) is 9.59 Å². The largest absolute Gasteiger partial charge is 0.497 e. The van der Waals surface area contributed by atoms with E-state index < -0.39 is 0 Å². The molecule has 1 aromatic carbocycles. The number of carbonyl (C=O) groups is 2. The maximum Gasteiger partial charge on any atom is 0.223 e. The first-order chi connectivity index (χ1) is 9.69. The van der Waals surface area contributed by atoms with E-state index in [9.17, 15) is 9.59 Å². The summed E-state index contributed by atoms with van der Waals surface area (Å²) in [7, 11) is 1.59. The van der Waals surface area contributed by atoms with Gasteiger partial charge in [-0.05, 0) is 30.5 Å². The number of carbonyl (C=O) groups excluding carboxylic acids is 2. The van der Waals surface area contributed by atoms with E-state index in [1.54, 1.807) is 13.2 Å². The summed E-state index contributed by atoms with van der Waals surface area (Å²) in [6.07, 6.45) is 3.10. The molecule has 1 amide bonds. The second-order valence-corrected chi connectivity index (χ2v) is 5.57. The third-order valence-electron chi connectivity index (χ3n) is 4.31. The van der Waals surface area contributed by atoms with E-state index in [1.165, 1.54) is 0 Å². The summed E-state index contributed by atoms with van der Waals surface area (Å²) >= 11 is 0. The Morgan fingerprint density at radius 2 is 2.10 bits per heavy atom. The van der Waals surface area contributed by atoms with Crippen LogP contribution in [0.3, 0.4) is 0 Å². The normalized spacial score (nSPS) is 21.1. The number of hydrogen-bond donors (Lipinski definition) is 0. The summed E-state index contributed by atoms with van der Waals surface area (Å²) in [5.74, 6) is 1.04. The van der Waals surface area contributed by atoms with Crippen molar-refractivity contribution in [3.05, 3.63) is 29.3 Å². The zero-order valence-electron chi connectivity index (χ0n) is 11.7. The molecule has 4 nitrogen and oxygen atoms in total. The smallest absolute Gasteiger partial charge is 0.223 e. The topological polar surface area (TPSA) is 46.6 Å². The number of benzene rings is 1. The lowest BCUT2D eigenvalue weighted by molar-refractivity contribution is -0.130. The number of Topliss-reactive ketones (excluding diaryl/α,β-unsaturated/α-hetero) is 1. The number of fused-ring (bicyclic) bond motifs is 1. The Labute approximate surface area is 118 Å². The van der Waals surface area contributed by atoms with Crippen LogP contribution in [0, 0.1) is 0 Å². The van der Waals surface area contributed by atoms with Gasteiger partial charge in [0.05, 0.1) is 7.11 Å². The highest BCUT2D eigenvalue weighted by molar-refractivity contribution is 6.02. The minimum absolute atomic E-state index is 0.0384. The number of ketones is 1. The number of likely N-dealkylation sites (tertiary alicyclic amines) is 1. The lowest BCUT2D eigenvalue weighted by Crippen LogP contribution is -2.28. The van der Waals surface area contributed by atoms with E-state index in [1.807, 2.05) is 17.0 Å². The van der Waals surface area contributed by atoms with Gasteiger partial charge in [0.25, 0.3) is 0 Å². The van der Waals surface area contributed by atoms with E-state index in [2.05, 4.69) is 0 Å². The van der Waals surface area contributed by atoms with Gasteiger partial charge in [0.2, 0.25) is 5.91 Å². The number of hydrogen-bond acceptors (Lipinski definition) is 3. The highest BCUT2D eigenvalue weighted by Crippen LogP contribution is 2.37. The molecule has 3 rings (SSSR count). The van der Waals surface area contributed by atoms with Crippen molar-refractivity contribution in [2.24, 2.45) is 0 Å². The van der Waals surface area contributed by atoms with Crippen LogP contribution >= 0.6 is 0 Å². The summed E-state index contributed by atoms with van der Waals surface area (Å²) in [6.45, 7) is 1.74. The summed E-state index contributed by atoms with van der Waals surface area (Å²) in [5, 5.41) is 0. The van der Waals surface area contributed by atoms with Crippen molar-refractivity contribution < 1.29 is 14.3 Å². The molecule has 0 bridgehead atoms. The van der Waals surface area contributed by atoms with Crippen molar-refractivity contribution in [2.75, 3.05) is 20.2 Å². The highest BCUT2D eigenvalue weighted by atomic mass is 16.5. The number of ether oxygens (including phenoxy) is 1. The first-order valence-electron chi connectivity index (χ1n) is 7.18. The third-order valence-corrected chi connectivity index (χ3v) is 4.31. The number of rotatable bonds is 3. The summed E-state index contributed by atoms with van der Waals surface area (Å²) in [4.78, 5) is 26.2. The van der Waals surface area contributed by atoms with Crippen LogP contribution in [0.25, 0.3) is 0 Å². The average Bonchev–Trinajstić information content (AvgIpc) is 3.08. The molecule has 1 aliphatic carbocycles. The van der Waals surface area contributed by atoms with Crippen molar-refractivity contribution in [1.82, 2.24) is 4.90 Å². The molecule has 106 valence electrons. The van der Waals surface area contributed by atoms with Gasteiger partial charge in [0.15, 0.2) is 5.78 Å². The predicted octanol–water partition coefficient (Wildman–Crippen LogP) is 2.38. The summed E-state index contributed by atoms with van der Waals surface area (Å²) in [6, 6.07) is 5.59. The zero-order valence-corrected chi connectivity index (χ0v) is 11.7. The molecule has 0 N–H and O–H groups in total. The molecule has 4 heteroatoms. The van der Waals surface area contributed by atoms with Gasteiger partial charge in [0, 0.05) is 37.4 Å². The second kappa shape index (κ2) is 5.27. The molecule has 2 aliphatic rings. The molecule has 1 aromatic rings. The SMILES string of the molecule is COc1ccc2c(c1)C(=O)CC2CC(=O)N1CCCC1. The summed E-state index contributed by atoms with van der Waals surface area (Å²) in [5.41, 5.74) is 1.73. The van der Waals surface area contributed by atoms with E-state index in [-0.39, 0.29) is 17.6 Å². The van der Waals surface area contributed by atoms with Crippen molar-refractivity contribution in [1.29, 1.82) is 0 Å².